The summed E-state index contributed by atoms with van der Waals surface area (Å²) in [5.74, 6) is 0. The molecule has 0 N–H and O–H groups in total. The molecule has 0 aromatic carbocycles. The minimum absolute atomic E-state index is 0.363. The van der Waals surface area contributed by atoms with E-state index in [2.05, 4.69) is 4.99 Å². The summed E-state index contributed by atoms with van der Waals surface area (Å²) < 4.78 is 5.14. The fraction of sp³-hybridized carbons (Fsp3) is 0.800. The van der Waals surface area contributed by atoms with Crippen LogP contribution in [0.4, 0.5) is 4.79 Å². The van der Waals surface area contributed by atoms with Crippen molar-refractivity contribution in [3.63, 3.8) is 0 Å². The van der Waals surface area contributed by atoms with Crippen molar-refractivity contribution in [1.29, 1.82) is 0 Å². The summed E-state index contributed by atoms with van der Waals surface area (Å²) in [6.07, 6.45) is 1.72. The van der Waals surface area contributed by atoms with Crippen molar-refractivity contribution in [2.24, 2.45) is 4.99 Å². The van der Waals surface area contributed by atoms with Gasteiger partial charge in [-0.3, -0.25) is 0 Å². The Hall–Kier alpha value is -1.35. The van der Waals surface area contributed by atoms with Gasteiger partial charge in [-0.1, -0.05) is 0 Å². The van der Waals surface area contributed by atoms with E-state index in [-0.39, 0.29) is 6.09 Å². The minimum Gasteiger partial charge on any atom is -0.444 e. The molecular formula is C10H18N2O3. The monoisotopic (exact) mass is 214 g/mol. The van der Waals surface area contributed by atoms with Crippen molar-refractivity contribution in [1.82, 2.24) is 4.90 Å². The highest BCUT2D eigenvalue weighted by Crippen LogP contribution is 2.09. The maximum absolute atomic E-state index is 11.4. The lowest BCUT2D eigenvalue weighted by Crippen LogP contribution is -2.34. The first-order valence-electron chi connectivity index (χ1n) is 4.84. The van der Waals surface area contributed by atoms with E-state index in [4.69, 9.17) is 4.74 Å². The normalized spacial score (nSPS) is 10.4. The largest absolute Gasteiger partial charge is 0.444 e. The molecular weight excluding hydrogens is 196 g/mol. The average Bonchev–Trinajstić information content (AvgIpc) is 2.09. The van der Waals surface area contributed by atoms with E-state index in [0.717, 1.165) is 0 Å². The molecule has 0 aliphatic rings. The van der Waals surface area contributed by atoms with Crippen molar-refractivity contribution in [2.45, 2.75) is 32.8 Å². The van der Waals surface area contributed by atoms with E-state index in [1.807, 2.05) is 20.8 Å². The van der Waals surface area contributed by atoms with E-state index in [9.17, 15) is 9.59 Å². The summed E-state index contributed by atoms with van der Waals surface area (Å²) in [5, 5.41) is 0. The Bertz CT molecular complexity index is 252. The van der Waals surface area contributed by atoms with E-state index in [1.54, 1.807) is 7.05 Å². The lowest BCUT2D eigenvalue weighted by atomic mass is 10.2. The van der Waals surface area contributed by atoms with E-state index >= 15 is 0 Å². The van der Waals surface area contributed by atoms with Gasteiger partial charge in [0.2, 0.25) is 6.08 Å². The standard InChI is InChI=1S/C10H18N2O3/c1-10(2,3)15-9(14)12(4)7-5-6-11-8-13/h5-7H2,1-4H3. The fourth-order valence-corrected chi connectivity index (χ4v) is 0.864. The van der Waals surface area contributed by atoms with Crippen LogP contribution in [0.25, 0.3) is 0 Å². The average molecular weight is 214 g/mol. The van der Waals surface area contributed by atoms with Gasteiger partial charge in [-0.05, 0) is 27.2 Å². The molecule has 0 spiro atoms. The molecule has 0 fully saturated rings. The second-order valence-corrected chi connectivity index (χ2v) is 4.23. The first kappa shape index (κ1) is 13.7. The van der Waals surface area contributed by atoms with Gasteiger partial charge in [0.05, 0.1) is 6.54 Å². The summed E-state index contributed by atoms with van der Waals surface area (Å²) in [5.41, 5.74) is -0.480. The second kappa shape index (κ2) is 6.19. The number of ether oxygens (including phenoxy) is 1. The van der Waals surface area contributed by atoms with Crippen LogP contribution in [0.2, 0.25) is 0 Å². The molecule has 0 atom stereocenters. The third-order valence-electron chi connectivity index (χ3n) is 1.53. The third-order valence-corrected chi connectivity index (χ3v) is 1.53. The number of nitrogens with zero attached hydrogens (tertiary/aromatic N) is 2. The van der Waals surface area contributed by atoms with Gasteiger partial charge in [-0.2, -0.15) is 0 Å². The summed E-state index contributed by atoms with van der Waals surface area (Å²) >= 11 is 0. The number of hydrogen-bond donors (Lipinski definition) is 0. The molecule has 5 nitrogen and oxygen atoms in total. The van der Waals surface area contributed by atoms with Gasteiger partial charge < -0.3 is 9.64 Å². The summed E-state index contributed by atoms with van der Waals surface area (Å²) in [6, 6.07) is 0. The molecule has 0 unspecified atom stereocenters. The highest BCUT2D eigenvalue weighted by Gasteiger charge is 2.18. The molecule has 1 amide bonds. The summed E-state index contributed by atoms with van der Waals surface area (Å²) in [4.78, 5) is 26.0. The molecule has 0 heterocycles. The van der Waals surface area contributed by atoms with E-state index in [0.29, 0.717) is 19.5 Å². The van der Waals surface area contributed by atoms with Gasteiger partial charge in [0, 0.05) is 13.6 Å². The Morgan fingerprint density at radius 1 is 1.47 bits per heavy atom. The van der Waals surface area contributed by atoms with Crippen LogP contribution in [0.15, 0.2) is 4.99 Å². The zero-order valence-electron chi connectivity index (χ0n) is 9.74. The number of hydrogen-bond acceptors (Lipinski definition) is 4. The lowest BCUT2D eigenvalue weighted by Gasteiger charge is -2.24. The molecule has 0 radical (unpaired) electrons. The van der Waals surface area contributed by atoms with Gasteiger partial charge >= 0.3 is 6.09 Å². The molecule has 0 saturated carbocycles. The highest BCUT2D eigenvalue weighted by atomic mass is 16.6. The third kappa shape index (κ3) is 7.70. The first-order chi connectivity index (χ1) is 6.87. The minimum atomic E-state index is -0.480. The van der Waals surface area contributed by atoms with Gasteiger partial charge in [0.15, 0.2) is 0 Å². The number of rotatable bonds is 4. The zero-order valence-corrected chi connectivity index (χ0v) is 9.74. The van der Waals surface area contributed by atoms with Gasteiger partial charge in [-0.15, -0.1) is 0 Å². The molecule has 86 valence electrons. The van der Waals surface area contributed by atoms with E-state index in [1.165, 1.54) is 11.0 Å². The molecule has 0 rings (SSSR count). The first-order valence-corrected chi connectivity index (χ1v) is 4.84. The van der Waals surface area contributed by atoms with E-state index < -0.39 is 5.60 Å². The number of aliphatic imine (C=N–C) groups is 1. The van der Waals surface area contributed by atoms with Gasteiger partial charge in [-0.25, -0.2) is 14.6 Å². The molecule has 0 aromatic rings. The summed E-state index contributed by atoms with van der Waals surface area (Å²) in [7, 11) is 1.65. The van der Waals surface area contributed by atoms with Crippen LogP contribution >= 0.6 is 0 Å². The van der Waals surface area contributed by atoms with Crippen LogP contribution in [0.3, 0.4) is 0 Å². The zero-order chi connectivity index (χ0) is 11.9. The Kier molecular flexibility index (Phi) is 5.64. The smallest absolute Gasteiger partial charge is 0.410 e. The maximum atomic E-state index is 11.4. The van der Waals surface area contributed by atoms with Crippen LogP contribution in [0, 0.1) is 0 Å². The van der Waals surface area contributed by atoms with Gasteiger partial charge in [0.1, 0.15) is 5.60 Å². The topological polar surface area (TPSA) is 59.0 Å². The Balaban J connectivity index is 3.84. The van der Waals surface area contributed by atoms with Crippen LogP contribution in [0.1, 0.15) is 27.2 Å². The molecule has 0 aromatic heterocycles. The number of amides is 1. The van der Waals surface area contributed by atoms with Crippen molar-refractivity contribution in [3.8, 4) is 0 Å². The molecule has 5 heteroatoms. The van der Waals surface area contributed by atoms with Crippen molar-refractivity contribution >= 4 is 12.2 Å². The fourth-order valence-electron chi connectivity index (χ4n) is 0.864. The lowest BCUT2D eigenvalue weighted by molar-refractivity contribution is 0.0298. The molecule has 15 heavy (non-hydrogen) atoms. The molecule has 0 aliphatic heterocycles. The molecule has 0 saturated heterocycles. The predicted octanol–water partition coefficient (Wildman–Crippen LogP) is 1.58. The Morgan fingerprint density at radius 2 is 2.07 bits per heavy atom. The van der Waals surface area contributed by atoms with Crippen LogP contribution < -0.4 is 0 Å². The van der Waals surface area contributed by atoms with Crippen molar-refractivity contribution < 1.29 is 14.3 Å². The highest BCUT2D eigenvalue weighted by molar-refractivity contribution is 5.67. The Morgan fingerprint density at radius 3 is 2.53 bits per heavy atom. The predicted molar refractivity (Wildman–Crippen MR) is 56.5 cm³/mol. The number of isocyanates is 1. The van der Waals surface area contributed by atoms with Crippen LogP contribution in [0.5, 0.6) is 0 Å². The van der Waals surface area contributed by atoms with Crippen molar-refractivity contribution in [2.75, 3.05) is 20.1 Å². The Labute approximate surface area is 90.1 Å². The number of carbonyl (C=O) groups is 1. The maximum Gasteiger partial charge on any atom is 0.410 e. The number of carbonyl (C=O) groups excluding carboxylic acids is 2. The second-order valence-electron chi connectivity index (χ2n) is 4.23. The molecule has 0 bridgehead atoms. The summed E-state index contributed by atoms with van der Waals surface area (Å²) in [6.45, 7) is 6.34. The molecule has 0 aliphatic carbocycles. The quantitative estimate of drug-likeness (QED) is 0.405. The van der Waals surface area contributed by atoms with Crippen molar-refractivity contribution in [3.05, 3.63) is 0 Å². The SMILES string of the molecule is CN(CCCN=C=O)C(=O)OC(C)(C)C. The van der Waals surface area contributed by atoms with Gasteiger partial charge in [0.25, 0.3) is 0 Å². The van der Waals surface area contributed by atoms with Crippen LogP contribution in [-0.2, 0) is 9.53 Å². The van der Waals surface area contributed by atoms with Crippen LogP contribution in [-0.4, -0.2) is 42.8 Å².